The Morgan fingerprint density at radius 1 is 1.32 bits per heavy atom. The highest BCUT2D eigenvalue weighted by Gasteiger charge is 2.09. The molecule has 0 aromatic carbocycles. The molecule has 6 heteroatoms. The molecule has 1 N–H and O–H groups in total. The SMILES string of the molecule is Cc1cc(C#N)nc(NCc2c(C)nn(C)c2C)n1. The fraction of sp³-hybridized carbons (Fsp3) is 0.385. The van der Waals surface area contributed by atoms with Gasteiger partial charge in [0.05, 0.1) is 5.69 Å². The normalized spacial score (nSPS) is 10.3. The molecule has 0 bridgehead atoms. The Morgan fingerprint density at radius 2 is 2.05 bits per heavy atom. The van der Waals surface area contributed by atoms with E-state index in [0.29, 0.717) is 18.2 Å². The smallest absolute Gasteiger partial charge is 0.224 e. The van der Waals surface area contributed by atoms with Crippen molar-refractivity contribution in [2.45, 2.75) is 27.3 Å². The highest BCUT2D eigenvalue weighted by Crippen LogP contribution is 2.13. The van der Waals surface area contributed by atoms with Crippen LogP contribution in [-0.4, -0.2) is 19.7 Å². The van der Waals surface area contributed by atoms with Crippen molar-refractivity contribution in [2.24, 2.45) is 7.05 Å². The van der Waals surface area contributed by atoms with Gasteiger partial charge in [0.1, 0.15) is 11.8 Å². The van der Waals surface area contributed by atoms with Gasteiger partial charge in [-0.15, -0.1) is 0 Å². The van der Waals surface area contributed by atoms with E-state index >= 15 is 0 Å². The molecule has 0 aliphatic carbocycles. The monoisotopic (exact) mass is 256 g/mol. The maximum atomic E-state index is 8.88. The number of hydrogen-bond donors (Lipinski definition) is 1. The molecule has 98 valence electrons. The summed E-state index contributed by atoms with van der Waals surface area (Å²) in [7, 11) is 1.92. The summed E-state index contributed by atoms with van der Waals surface area (Å²) in [6.07, 6.45) is 0. The fourth-order valence-corrected chi connectivity index (χ4v) is 1.95. The first-order valence-corrected chi connectivity index (χ1v) is 6.00. The summed E-state index contributed by atoms with van der Waals surface area (Å²) in [5, 5.41) is 16.4. The van der Waals surface area contributed by atoms with Crippen molar-refractivity contribution in [1.29, 1.82) is 5.26 Å². The molecule has 19 heavy (non-hydrogen) atoms. The highest BCUT2D eigenvalue weighted by atomic mass is 15.3. The zero-order valence-electron chi connectivity index (χ0n) is 11.5. The number of aromatic nitrogens is 4. The van der Waals surface area contributed by atoms with Gasteiger partial charge in [-0.05, 0) is 26.8 Å². The Labute approximate surface area is 112 Å². The summed E-state index contributed by atoms with van der Waals surface area (Å²) in [5.41, 5.74) is 4.37. The molecular weight excluding hydrogens is 240 g/mol. The predicted octanol–water partition coefficient (Wildman–Crippen LogP) is 1.62. The molecule has 0 radical (unpaired) electrons. The van der Waals surface area contributed by atoms with E-state index in [1.54, 1.807) is 6.07 Å². The second kappa shape index (κ2) is 5.06. The average molecular weight is 256 g/mol. The third kappa shape index (κ3) is 2.71. The zero-order chi connectivity index (χ0) is 14.0. The molecule has 2 aromatic rings. The minimum absolute atomic E-state index is 0.370. The number of nitrogens with zero attached hydrogens (tertiary/aromatic N) is 5. The highest BCUT2D eigenvalue weighted by molar-refractivity contribution is 5.35. The molecular formula is C13H16N6. The van der Waals surface area contributed by atoms with Crippen molar-refractivity contribution >= 4 is 5.95 Å². The van der Waals surface area contributed by atoms with Crippen LogP contribution in [0.25, 0.3) is 0 Å². The number of aryl methyl sites for hydroxylation is 3. The number of anilines is 1. The van der Waals surface area contributed by atoms with E-state index < -0.39 is 0 Å². The zero-order valence-corrected chi connectivity index (χ0v) is 11.5. The summed E-state index contributed by atoms with van der Waals surface area (Å²) < 4.78 is 1.85. The van der Waals surface area contributed by atoms with Crippen LogP contribution in [0.15, 0.2) is 6.07 Å². The maximum Gasteiger partial charge on any atom is 0.224 e. The lowest BCUT2D eigenvalue weighted by atomic mass is 10.2. The van der Waals surface area contributed by atoms with Gasteiger partial charge in [-0.3, -0.25) is 4.68 Å². The van der Waals surface area contributed by atoms with Gasteiger partial charge < -0.3 is 5.32 Å². The summed E-state index contributed by atoms with van der Waals surface area (Å²) in [4.78, 5) is 8.39. The molecule has 0 fully saturated rings. The van der Waals surface area contributed by atoms with Crippen molar-refractivity contribution in [2.75, 3.05) is 5.32 Å². The molecule has 0 unspecified atom stereocenters. The molecule has 0 aliphatic heterocycles. The van der Waals surface area contributed by atoms with Crippen LogP contribution in [0.3, 0.4) is 0 Å². The standard InChI is InChI=1S/C13H16N6/c1-8-5-11(6-14)17-13(16-8)15-7-12-9(2)18-19(4)10(12)3/h5H,7H2,1-4H3,(H,15,16,17). The molecule has 0 spiro atoms. The van der Waals surface area contributed by atoms with Crippen molar-refractivity contribution in [3.8, 4) is 6.07 Å². The number of rotatable bonds is 3. The van der Waals surface area contributed by atoms with Crippen LogP contribution in [0.4, 0.5) is 5.95 Å². The number of nitriles is 1. The number of nitrogens with one attached hydrogen (secondary N) is 1. The first-order chi connectivity index (χ1) is 9.01. The Bertz CT molecular complexity index is 650. The Kier molecular flexibility index (Phi) is 3.47. The molecule has 2 rings (SSSR count). The number of hydrogen-bond acceptors (Lipinski definition) is 5. The molecule has 0 atom stereocenters. The third-order valence-electron chi connectivity index (χ3n) is 3.05. The van der Waals surface area contributed by atoms with Crippen molar-refractivity contribution in [3.05, 3.63) is 34.4 Å². The van der Waals surface area contributed by atoms with Gasteiger partial charge in [0, 0.05) is 30.5 Å². The van der Waals surface area contributed by atoms with Crippen molar-refractivity contribution in [3.63, 3.8) is 0 Å². The van der Waals surface area contributed by atoms with E-state index in [1.807, 2.05) is 38.6 Å². The van der Waals surface area contributed by atoms with Crippen molar-refractivity contribution < 1.29 is 0 Å². The quantitative estimate of drug-likeness (QED) is 0.902. The summed E-state index contributed by atoms with van der Waals surface area (Å²) in [6.45, 7) is 6.44. The van der Waals surface area contributed by atoms with Crippen LogP contribution >= 0.6 is 0 Å². The van der Waals surface area contributed by atoms with Crippen LogP contribution in [-0.2, 0) is 13.6 Å². The molecule has 0 amide bonds. The Hall–Kier alpha value is -2.42. The fourth-order valence-electron chi connectivity index (χ4n) is 1.95. The van der Waals surface area contributed by atoms with Crippen LogP contribution in [0.2, 0.25) is 0 Å². The van der Waals surface area contributed by atoms with E-state index in [9.17, 15) is 0 Å². The van der Waals surface area contributed by atoms with Gasteiger partial charge in [0.2, 0.25) is 5.95 Å². The Morgan fingerprint density at radius 3 is 2.63 bits per heavy atom. The lowest BCUT2D eigenvalue weighted by Crippen LogP contribution is -2.07. The third-order valence-corrected chi connectivity index (χ3v) is 3.05. The largest absolute Gasteiger partial charge is 0.350 e. The summed E-state index contributed by atoms with van der Waals surface area (Å²) in [5.74, 6) is 0.471. The van der Waals surface area contributed by atoms with Gasteiger partial charge in [-0.25, -0.2) is 9.97 Å². The minimum atomic E-state index is 0.370. The minimum Gasteiger partial charge on any atom is -0.350 e. The molecule has 2 aromatic heterocycles. The van der Waals surface area contributed by atoms with Crippen LogP contribution in [0.5, 0.6) is 0 Å². The van der Waals surface area contributed by atoms with E-state index in [-0.39, 0.29) is 0 Å². The van der Waals surface area contributed by atoms with Gasteiger partial charge in [0.25, 0.3) is 0 Å². The van der Waals surface area contributed by atoms with E-state index in [2.05, 4.69) is 20.4 Å². The molecule has 6 nitrogen and oxygen atoms in total. The average Bonchev–Trinajstić information content (AvgIpc) is 2.60. The topological polar surface area (TPSA) is 79.4 Å². The molecule has 0 saturated heterocycles. The van der Waals surface area contributed by atoms with Crippen LogP contribution in [0.1, 0.15) is 28.3 Å². The van der Waals surface area contributed by atoms with Gasteiger partial charge in [-0.2, -0.15) is 10.4 Å². The first kappa shape index (κ1) is 13.0. The van der Waals surface area contributed by atoms with Gasteiger partial charge in [0.15, 0.2) is 0 Å². The van der Waals surface area contributed by atoms with E-state index in [0.717, 1.165) is 22.6 Å². The van der Waals surface area contributed by atoms with Crippen LogP contribution in [0, 0.1) is 32.1 Å². The lowest BCUT2D eigenvalue weighted by molar-refractivity contribution is 0.730. The second-order valence-electron chi connectivity index (χ2n) is 4.46. The molecule has 2 heterocycles. The molecule has 0 aliphatic rings. The summed E-state index contributed by atoms with van der Waals surface area (Å²) in [6, 6.07) is 3.68. The maximum absolute atomic E-state index is 8.88. The first-order valence-electron chi connectivity index (χ1n) is 6.00. The summed E-state index contributed by atoms with van der Waals surface area (Å²) >= 11 is 0. The van der Waals surface area contributed by atoms with E-state index in [1.165, 1.54) is 0 Å². The molecule has 0 saturated carbocycles. The van der Waals surface area contributed by atoms with Gasteiger partial charge in [-0.1, -0.05) is 0 Å². The van der Waals surface area contributed by atoms with Gasteiger partial charge >= 0.3 is 0 Å². The predicted molar refractivity (Wildman–Crippen MR) is 71.5 cm³/mol. The van der Waals surface area contributed by atoms with Crippen molar-refractivity contribution in [1.82, 2.24) is 19.7 Å². The second-order valence-corrected chi connectivity index (χ2v) is 4.46. The lowest BCUT2D eigenvalue weighted by Gasteiger charge is -2.06. The van der Waals surface area contributed by atoms with Crippen LogP contribution < -0.4 is 5.32 Å². The van der Waals surface area contributed by atoms with E-state index in [4.69, 9.17) is 5.26 Å². The Balaban J connectivity index is 2.19.